The summed E-state index contributed by atoms with van der Waals surface area (Å²) >= 11 is 3.51. The lowest BCUT2D eigenvalue weighted by molar-refractivity contribution is 0.144. The summed E-state index contributed by atoms with van der Waals surface area (Å²) in [5.74, 6) is 0.0774. The molecule has 0 heterocycles. The number of aryl methyl sites for hydroxylation is 1. The number of halogens is 1. The molecule has 0 atom stereocenters. The molecule has 3 nitrogen and oxygen atoms in total. The Kier molecular flexibility index (Phi) is 6.34. The second kappa shape index (κ2) is 9.31. The Hall–Kier alpha value is -2.85. The van der Waals surface area contributed by atoms with Crippen LogP contribution in [0.15, 0.2) is 77.3 Å². The third-order valence-electron chi connectivity index (χ3n) is 5.49. The molecule has 0 bridgehead atoms. The van der Waals surface area contributed by atoms with E-state index >= 15 is 0 Å². The summed E-state index contributed by atoms with van der Waals surface area (Å²) in [4.78, 5) is 12.2. The van der Waals surface area contributed by atoms with Crippen molar-refractivity contribution >= 4 is 28.1 Å². The Bertz CT molecular complexity index is 1040. The number of benzene rings is 3. The second-order valence-electron chi connectivity index (χ2n) is 7.31. The highest BCUT2D eigenvalue weighted by Crippen LogP contribution is 2.44. The zero-order chi connectivity index (χ0) is 20.9. The van der Waals surface area contributed by atoms with Crippen LogP contribution in [-0.4, -0.2) is 19.2 Å². The molecule has 0 unspecified atom stereocenters. The van der Waals surface area contributed by atoms with E-state index in [1.165, 1.54) is 27.8 Å². The van der Waals surface area contributed by atoms with E-state index in [2.05, 4.69) is 64.6 Å². The Morgan fingerprint density at radius 1 is 1.03 bits per heavy atom. The van der Waals surface area contributed by atoms with Crippen molar-refractivity contribution in [3.63, 3.8) is 0 Å². The normalized spacial score (nSPS) is 12.6. The molecule has 3 aromatic rings. The lowest BCUT2D eigenvalue weighted by Gasteiger charge is -2.14. The summed E-state index contributed by atoms with van der Waals surface area (Å²) in [5, 5.41) is 2.82. The molecule has 0 saturated heterocycles. The maximum Gasteiger partial charge on any atom is 0.407 e. The number of hydrogen-bond donors (Lipinski definition) is 1. The first kappa shape index (κ1) is 20.4. The van der Waals surface area contributed by atoms with Crippen LogP contribution in [0.4, 0.5) is 4.79 Å². The summed E-state index contributed by atoms with van der Waals surface area (Å²) in [6.45, 7) is 2.89. The summed E-state index contributed by atoms with van der Waals surface area (Å²) < 4.78 is 6.64. The zero-order valence-electron chi connectivity index (χ0n) is 16.9. The molecule has 152 valence electrons. The van der Waals surface area contributed by atoms with Gasteiger partial charge in [0, 0.05) is 16.9 Å². The highest BCUT2D eigenvalue weighted by atomic mass is 79.9. The molecule has 0 aliphatic heterocycles. The molecule has 1 amide bonds. The molecule has 1 aliphatic carbocycles. The fraction of sp³-hybridized carbons (Fsp3) is 0.192. The Balaban J connectivity index is 1.34. The van der Waals surface area contributed by atoms with Gasteiger partial charge in [0.25, 0.3) is 0 Å². The van der Waals surface area contributed by atoms with Crippen LogP contribution < -0.4 is 5.32 Å². The number of ether oxygens (including phenoxy) is 1. The van der Waals surface area contributed by atoms with Crippen molar-refractivity contribution in [3.05, 3.63) is 99.5 Å². The van der Waals surface area contributed by atoms with E-state index in [4.69, 9.17) is 4.74 Å². The molecule has 3 aromatic carbocycles. The average Bonchev–Trinajstić information content (AvgIpc) is 3.10. The first-order valence-corrected chi connectivity index (χ1v) is 11.0. The first-order chi connectivity index (χ1) is 14.7. The minimum atomic E-state index is -0.395. The van der Waals surface area contributed by atoms with Gasteiger partial charge in [0.15, 0.2) is 0 Å². The highest BCUT2D eigenvalue weighted by molar-refractivity contribution is 9.10. The highest BCUT2D eigenvalue weighted by Gasteiger charge is 2.28. The molecule has 0 radical (unpaired) electrons. The number of nitrogens with one attached hydrogen (secondary N) is 1. The topological polar surface area (TPSA) is 38.3 Å². The van der Waals surface area contributed by atoms with E-state index in [-0.39, 0.29) is 5.92 Å². The Morgan fingerprint density at radius 3 is 2.37 bits per heavy atom. The molecule has 0 spiro atoms. The van der Waals surface area contributed by atoms with E-state index in [9.17, 15) is 4.79 Å². The second-order valence-corrected chi connectivity index (χ2v) is 8.22. The van der Waals surface area contributed by atoms with Gasteiger partial charge >= 0.3 is 6.09 Å². The largest absolute Gasteiger partial charge is 0.449 e. The predicted octanol–water partition coefficient (Wildman–Crippen LogP) is 6.56. The lowest BCUT2D eigenvalue weighted by Crippen LogP contribution is -2.26. The number of rotatable bonds is 6. The van der Waals surface area contributed by atoms with Crippen molar-refractivity contribution in [3.8, 4) is 11.1 Å². The minimum Gasteiger partial charge on any atom is -0.449 e. The molecule has 0 aromatic heterocycles. The van der Waals surface area contributed by atoms with Crippen LogP contribution in [0.3, 0.4) is 0 Å². The molecule has 4 heteroatoms. The van der Waals surface area contributed by atoms with Crippen LogP contribution in [0.2, 0.25) is 0 Å². The third-order valence-corrected chi connectivity index (χ3v) is 5.98. The summed E-state index contributed by atoms with van der Waals surface area (Å²) in [6, 6.07) is 22.9. The fourth-order valence-corrected chi connectivity index (χ4v) is 4.43. The van der Waals surface area contributed by atoms with E-state index in [0.29, 0.717) is 13.2 Å². The van der Waals surface area contributed by atoms with Crippen molar-refractivity contribution in [1.82, 2.24) is 5.32 Å². The van der Waals surface area contributed by atoms with Crippen molar-refractivity contribution in [2.75, 3.05) is 13.2 Å². The van der Waals surface area contributed by atoms with Crippen LogP contribution >= 0.6 is 15.9 Å². The standard InChI is InChI=1S/C26H24BrNO2/c1-2-18-16-20(27)14-13-19(18)8-7-15-28-26(29)30-17-25-23-11-5-3-9-21(23)22-10-4-6-12-24(22)25/h3-14,16,25H,2,15,17H2,1H3,(H,28,29). The van der Waals surface area contributed by atoms with E-state index in [1.807, 2.05) is 42.5 Å². The SMILES string of the molecule is CCc1cc(Br)ccc1C=CCNC(=O)OCC1c2ccccc2-c2ccccc21. The van der Waals surface area contributed by atoms with Gasteiger partial charge in [0.05, 0.1) is 0 Å². The van der Waals surface area contributed by atoms with Gasteiger partial charge in [-0.15, -0.1) is 0 Å². The number of alkyl carbamates (subject to hydrolysis) is 1. The predicted molar refractivity (Wildman–Crippen MR) is 126 cm³/mol. The number of fused-ring (bicyclic) bond motifs is 3. The van der Waals surface area contributed by atoms with Crippen LogP contribution in [-0.2, 0) is 11.2 Å². The van der Waals surface area contributed by atoms with Gasteiger partial charge in [-0.05, 0) is 51.9 Å². The van der Waals surface area contributed by atoms with Crippen molar-refractivity contribution in [2.45, 2.75) is 19.3 Å². The van der Waals surface area contributed by atoms with Gasteiger partial charge in [-0.2, -0.15) is 0 Å². The first-order valence-electron chi connectivity index (χ1n) is 10.2. The maximum absolute atomic E-state index is 12.2. The van der Waals surface area contributed by atoms with Crippen LogP contribution in [0.5, 0.6) is 0 Å². The van der Waals surface area contributed by atoms with Gasteiger partial charge in [-0.3, -0.25) is 0 Å². The molecule has 30 heavy (non-hydrogen) atoms. The zero-order valence-corrected chi connectivity index (χ0v) is 18.5. The molecule has 1 N–H and O–H groups in total. The monoisotopic (exact) mass is 461 g/mol. The van der Waals surface area contributed by atoms with Crippen LogP contribution in [0, 0.1) is 0 Å². The van der Waals surface area contributed by atoms with Crippen LogP contribution in [0.25, 0.3) is 17.2 Å². The summed E-state index contributed by atoms with van der Waals surface area (Å²) in [7, 11) is 0. The number of carbonyl (C=O) groups is 1. The third kappa shape index (κ3) is 4.34. The number of hydrogen-bond acceptors (Lipinski definition) is 2. The van der Waals surface area contributed by atoms with Crippen molar-refractivity contribution in [2.24, 2.45) is 0 Å². The van der Waals surface area contributed by atoms with Gasteiger partial charge in [-0.1, -0.05) is 89.6 Å². The summed E-state index contributed by atoms with van der Waals surface area (Å²) in [5.41, 5.74) is 7.32. The van der Waals surface area contributed by atoms with Gasteiger partial charge in [-0.25, -0.2) is 4.79 Å². The molecule has 0 fully saturated rings. The molecular formula is C26H24BrNO2. The quantitative estimate of drug-likeness (QED) is 0.450. The average molecular weight is 462 g/mol. The Morgan fingerprint density at radius 2 is 1.70 bits per heavy atom. The Labute approximate surface area is 185 Å². The molecule has 4 rings (SSSR count). The lowest BCUT2D eigenvalue weighted by atomic mass is 9.98. The van der Waals surface area contributed by atoms with E-state index in [0.717, 1.165) is 16.5 Å². The number of amides is 1. The van der Waals surface area contributed by atoms with E-state index < -0.39 is 6.09 Å². The minimum absolute atomic E-state index is 0.0774. The van der Waals surface area contributed by atoms with Gasteiger partial charge in [0.2, 0.25) is 0 Å². The smallest absolute Gasteiger partial charge is 0.407 e. The molecule has 0 saturated carbocycles. The van der Waals surface area contributed by atoms with Gasteiger partial charge < -0.3 is 10.1 Å². The van der Waals surface area contributed by atoms with Crippen molar-refractivity contribution < 1.29 is 9.53 Å². The van der Waals surface area contributed by atoms with Crippen molar-refractivity contribution in [1.29, 1.82) is 0 Å². The molecular weight excluding hydrogens is 438 g/mol. The maximum atomic E-state index is 12.2. The molecule has 1 aliphatic rings. The number of carbonyl (C=O) groups excluding carboxylic acids is 1. The van der Waals surface area contributed by atoms with Gasteiger partial charge in [0.1, 0.15) is 6.61 Å². The summed E-state index contributed by atoms with van der Waals surface area (Å²) in [6.07, 6.45) is 4.55. The van der Waals surface area contributed by atoms with E-state index in [1.54, 1.807) is 0 Å². The fourth-order valence-electron chi connectivity index (χ4n) is 4.02. The van der Waals surface area contributed by atoms with Crippen LogP contribution in [0.1, 0.15) is 35.1 Å².